The zero-order chi connectivity index (χ0) is 11.7. The molecule has 0 aliphatic heterocycles. The van der Waals surface area contributed by atoms with E-state index < -0.39 is 0 Å². The standard InChI is InChI=1S/C13H19N3/c1-9(2)14-8-12-15-11-7-5-6-10(3)13(11)16(12)4/h5-7,9,14H,8H2,1-4H3. The van der Waals surface area contributed by atoms with Crippen LogP contribution in [0.15, 0.2) is 18.2 Å². The highest BCUT2D eigenvalue weighted by Crippen LogP contribution is 2.18. The van der Waals surface area contributed by atoms with Crippen LogP contribution in [0, 0.1) is 6.92 Å². The average Bonchev–Trinajstić information content (AvgIpc) is 2.54. The maximum absolute atomic E-state index is 4.65. The van der Waals surface area contributed by atoms with Crippen molar-refractivity contribution in [2.75, 3.05) is 0 Å². The summed E-state index contributed by atoms with van der Waals surface area (Å²) < 4.78 is 2.18. The lowest BCUT2D eigenvalue weighted by Gasteiger charge is -2.08. The lowest BCUT2D eigenvalue weighted by Crippen LogP contribution is -2.23. The Morgan fingerprint density at radius 1 is 1.38 bits per heavy atom. The molecule has 0 saturated carbocycles. The predicted octanol–water partition coefficient (Wildman–Crippen LogP) is 2.38. The van der Waals surface area contributed by atoms with Crippen LogP contribution in [0.4, 0.5) is 0 Å². The third-order valence-corrected chi connectivity index (χ3v) is 2.86. The minimum atomic E-state index is 0.487. The molecular weight excluding hydrogens is 198 g/mol. The molecule has 1 N–H and O–H groups in total. The first-order valence-corrected chi connectivity index (χ1v) is 5.74. The van der Waals surface area contributed by atoms with Crippen LogP contribution in [-0.4, -0.2) is 15.6 Å². The Morgan fingerprint density at radius 3 is 2.75 bits per heavy atom. The minimum Gasteiger partial charge on any atom is -0.330 e. The Balaban J connectivity index is 2.40. The van der Waals surface area contributed by atoms with E-state index in [9.17, 15) is 0 Å². The van der Waals surface area contributed by atoms with Gasteiger partial charge in [0.1, 0.15) is 5.82 Å². The third kappa shape index (κ3) is 1.95. The van der Waals surface area contributed by atoms with Crippen LogP contribution >= 0.6 is 0 Å². The number of hydrogen-bond acceptors (Lipinski definition) is 2. The third-order valence-electron chi connectivity index (χ3n) is 2.86. The van der Waals surface area contributed by atoms with Crippen LogP contribution < -0.4 is 5.32 Å². The number of aromatic nitrogens is 2. The summed E-state index contributed by atoms with van der Waals surface area (Å²) in [6, 6.07) is 6.75. The van der Waals surface area contributed by atoms with Crippen molar-refractivity contribution in [3.8, 4) is 0 Å². The second kappa shape index (κ2) is 4.26. The Labute approximate surface area is 96.5 Å². The fourth-order valence-electron chi connectivity index (χ4n) is 1.97. The monoisotopic (exact) mass is 217 g/mol. The topological polar surface area (TPSA) is 29.9 Å². The van der Waals surface area contributed by atoms with E-state index in [0.717, 1.165) is 17.9 Å². The molecule has 0 unspecified atom stereocenters. The molecule has 0 bridgehead atoms. The Hall–Kier alpha value is -1.35. The molecule has 2 rings (SSSR count). The number of imidazole rings is 1. The largest absolute Gasteiger partial charge is 0.330 e. The van der Waals surface area contributed by atoms with Crippen molar-refractivity contribution in [3.63, 3.8) is 0 Å². The second-order valence-electron chi connectivity index (χ2n) is 4.57. The molecule has 0 amide bonds. The zero-order valence-electron chi connectivity index (χ0n) is 10.4. The molecule has 3 heteroatoms. The molecular formula is C13H19N3. The number of fused-ring (bicyclic) bond motifs is 1. The lowest BCUT2D eigenvalue weighted by atomic mass is 10.2. The van der Waals surface area contributed by atoms with Gasteiger partial charge in [-0.3, -0.25) is 0 Å². The number of hydrogen-bond donors (Lipinski definition) is 1. The second-order valence-corrected chi connectivity index (χ2v) is 4.57. The highest BCUT2D eigenvalue weighted by atomic mass is 15.1. The van der Waals surface area contributed by atoms with Crippen molar-refractivity contribution in [1.82, 2.24) is 14.9 Å². The first kappa shape index (κ1) is 11.1. The molecule has 1 aromatic carbocycles. The van der Waals surface area contributed by atoms with E-state index in [-0.39, 0.29) is 0 Å². The molecule has 1 heterocycles. The number of rotatable bonds is 3. The first-order valence-electron chi connectivity index (χ1n) is 5.74. The van der Waals surface area contributed by atoms with Crippen molar-refractivity contribution in [1.29, 1.82) is 0 Å². The van der Waals surface area contributed by atoms with Crippen molar-refractivity contribution in [3.05, 3.63) is 29.6 Å². The molecule has 0 aliphatic rings. The van der Waals surface area contributed by atoms with Gasteiger partial charge in [-0.1, -0.05) is 26.0 Å². The van der Waals surface area contributed by atoms with Crippen molar-refractivity contribution < 1.29 is 0 Å². The molecule has 0 spiro atoms. The fourth-order valence-corrected chi connectivity index (χ4v) is 1.97. The van der Waals surface area contributed by atoms with E-state index in [1.165, 1.54) is 11.1 Å². The van der Waals surface area contributed by atoms with Crippen molar-refractivity contribution >= 4 is 11.0 Å². The number of nitrogens with one attached hydrogen (secondary N) is 1. The summed E-state index contributed by atoms with van der Waals surface area (Å²) in [6.07, 6.45) is 0. The lowest BCUT2D eigenvalue weighted by molar-refractivity contribution is 0.563. The van der Waals surface area contributed by atoms with Gasteiger partial charge >= 0.3 is 0 Å². The van der Waals surface area contributed by atoms with Gasteiger partial charge in [0.25, 0.3) is 0 Å². The van der Waals surface area contributed by atoms with Crippen LogP contribution in [0.1, 0.15) is 25.2 Å². The van der Waals surface area contributed by atoms with Crippen LogP contribution in [0.2, 0.25) is 0 Å². The molecule has 1 aromatic heterocycles. The normalized spacial score (nSPS) is 11.6. The molecule has 0 radical (unpaired) electrons. The maximum atomic E-state index is 4.65. The maximum Gasteiger partial charge on any atom is 0.123 e. The first-order chi connectivity index (χ1) is 7.59. The van der Waals surface area contributed by atoms with E-state index >= 15 is 0 Å². The number of aryl methyl sites for hydroxylation is 2. The highest BCUT2D eigenvalue weighted by Gasteiger charge is 2.09. The molecule has 0 fully saturated rings. The molecule has 3 nitrogen and oxygen atoms in total. The SMILES string of the molecule is Cc1cccc2nc(CNC(C)C)n(C)c12. The summed E-state index contributed by atoms with van der Waals surface area (Å²) in [4.78, 5) is 4.65. The van der Waals surface area contributed by atoms with Crippen LogP contribution in [-0.2, 0) is 13.6 Å². The van der Waals surface area contributed by atoms with E-state index in [2.05, 4.69) is 60.9 Å². The Morgan fingerprint density at radius 2 is 2.12 bits per heavy atom. The Bertz CT molecular complexity index is 497. The van der Waals surface area contributed by atoms with Gasteiger partial charge in [-0.15, -0.1) is 0 Å². The molecule has 16 heavy (non-hydrogen) atoms. The number of benzene rings is 1. The summed E-state index contributed by atoms with van der Waals surface area (Å²) in [7, 11) is 2.08. The van der Waals surface area contributed by atoms with E-state index in [1.54, 1.807) is 0 Å². The van der Waals surface area contributed by atoms with Crippen molar-refractivity contribution in [2.45, 2.75) is 33.4 Å². The van der Waals surface area contributed by atoms with Crippen LogP contribution in [0.3, 0.4) is 0 Å². The summed E-state index contributed by atoms with van der Waals surface area (Å²) in [5, 5.41) is 3.40. The molecule has 0 saturated heterocycles. The summed E-state index contributed by atoms with van der Waals surface area (Å²) in [5.41, 5.74) is 3.61. The van der Waals surface area contributed by atoms with E-state index in [0.29, 0.717) is 6.04 Å². The average molecular weight is 217 g/mol. The van der Waals surface area contributed by atoms with Gasteiger partial charge in [0.15, 0.2) is 0 Å². The summed E-state index contributed by atoms with van der Waals surface area (Å²) >= 11 is 0. The van der Waals surface area contributed by atoms with Crippen LogP contribution in [0.5, 0.6) is 0 Å². The number of para-hydroxylation sites is 1. The van der Waals surface area contributed by atoms with Gasteiger partial charge in [-0.25, -0.2) is 4.98 Å². The predicted molar refractivity (Wildman–Crippen MR) is 67.4 cm³/mol. The fraction of sp³-hybridized carbons (Fsp3) is 0.462. The summed E-state index contributed by atoms with van der Waals surface area (Å²) in [5.74, 6) is 1.10. The molecule has 86 valence electrons. The van der Waals surface area contributed by atoms with E-state index in [1.807, 2.05) is 0 Å². The van der Waals surface area contributed by atoms with Gasteiger partial charge in [0, 0.05) is 13.1 Å². The summed E-state index contributed by atoms with van der Waals surface area (Å²) in [6.45, 7) is 7.24. The minimum absolute atomic E-state index is 0.487. The van der Waals surface area contributed by atoms with Crippen molar-refractivity contribution in [2.24, 2.45) is 7.05 Å². The highest BCUT2D eigenvalue weighted by molar-refractivity contribution is 5.79. The quantitative estimate of drug-likeness (QED) is 0.855. The van der Waals surface area contributed by atoms with Gasteiger partial charge in [0.2, 0.25) is 0 Å². The molecule has 0 atom stereocenters. The molecule has 0 aliphatic carbocycles. The van der Waals surface area contributed by atoms with Gasteiger partial charge in [-0.2, -0.15) is 0 Å². The Kier molecular flexibility index (Phi) is 2.97. The zero-order valence-corrected chi connectivity index (χ0v) is 10.4. The van der Waals surface area contributed by atoms with Crippen LogP contribution in [0.25, 0.3) is 11.0 Å². The number of nitrogens with zero attached hydrogens (tertiary/aromatic N) is 2. The van der Waals surface area contributed by atoms with E-state index in [4.69, 9.17) is 0 Å². The van der Waals surface area contributed by atoms with Gasteiger partial charge in [-0.05, 0) is 18.6 Å². The van der Waals surface area contributed by atoms with Gasteiger partial charge in [0.05, 0.1) is 17.6 Å². The molecule has 2 aromatic rings. The smallest absolute Gasteiger partial charge is 0.123 e. The van der Waals surface area contributed by atoms with Gasteiger partial charge < -0.3 is 9.88 Å².